The van der Waals surface area contributed by atoms with Crippen molar-refractivity contribution in [3.63, 3.8) is 0 Å². The molecule has 0 fully saturated rings. The number of hydrogen-bond acceptors (Lipinski definition) is 7. The van der Waals surface area contributed by atoms with Crippen LogP contribution in [0.15, 0.2) is 67.1 Å². The van der Waals surface area contributed by atoms with Crippen LogP contribution >= 0.6 is 0 Å². The molecule has 0 bridgehead atoms. The van der Waals surface area contributed by atoms with E-state index in [2.05, 4.69) is 31.7 Å². The van der Waals surface area contributed by atoms with Gasteiger partial charge in [0.1, 0.15) is 17.1 Å². The number of hydrogen-bond donors (Lipinski definition) is 1. The number of nitrogens with zero attached hydrogens (tertiary/aromatic N) is 6. The van der Waals surface area contributed by atoms with E-state index in [1.165, 1.54) is 0 Å². The summed E-state index contributed by atoms with van der Waals surface area (Å²) in [6, 6.07) is 15.8. The number of benzene rings is 1. The second kappa shape index (κ2) is 7.16. The van der Waals surface area contributed by atoms with Gasteiger partial charge >= 0.3 is 0 Å². The molecular weight excluding hydrogens is 366 g/mol. The van der Waals surface area contributed by atoms with Crippen LogP contribution in [0.2, 0.25) is 0 Å². The van der Waals surface area contributed by atoms with Crippen LogP contribution in [0.5, 0.6) is 5.75 Å². The van der Waals surface area contributed by atoms with Crippen molar-refractivity contribution in [3.8, 4) is 5.75 Å². The largest absolute Gasteiger partial charge is 0.495 e. The van der Waals surface area contributed by atoms with Crippen LogP contribution in [0.25, 0.3) is 22.1 Å². The van der Waals surface area contributed by atoms with Crippen LogP contribution in [-0.4, -0.2) is 37.1 Å². The number of rotatable bonds is 5. The molecule has 0 radical (unpaired) electrons. The van der Waals surface area contributed by atoms with Gasteiger partial charge in [-0.3, -0.25) is 9.97 Å². The van der Waals surface area contributed by atoms with Gasteiger partial charge in [-0.25, -0.2) is 9.67 Å². The Morgan fingerprint density at radius 3 is 2.90 bits per heavy atom. The van der Waals surface area contributed by atoms with Gasteiger partial charge in [0.15, 0.2) is 5.65 Å². The molecular formula is C21H17N7O. The first kappa shape index (κ1) is 17.1. The van der Waals surface area contributed by atoms with Crippen molar-refractivity contribution in [2.24, 2.45) is 0 Å². The number of aromatic nitrogens is 6. The Hall–Kier alpha value is -4.07. The molecule has 8 heteroatoms. The SMILES string of the molecule is COc1cncc(Nc2ccc3nnn(Cc4ccc5ncccc5c4)c3n2)c1. The Bertz CT molecular complexity index is 1310. The molecule has 142 valence electrons. The van der Waals surface area contributed by atoms with E-state index in [0.717, 1.165) is 27.7 Å². The van der Waals surface area contributed by atoms with E-state index in [4.69, 9.17) is 9.72 Å². The van der Waals surface area contributed by atoms with Crippen LogP contribution in [0.3, 0.4) is 0 Å². The van der Waals surface area contributed by atoms with Gasteiger partial charge in [-0.2, -0.15) is 0 Å². The molecule has 1 N–H and O–H groups in total. The van der Waals surface area contributed by atoms with Gasteiger partial charge in [-0.15, -0.1) is 5.10 Å². The first-order chi connectivity index (χ1) is 14.3. The van der Waals surface area contributed by atoms with Crippen LogP contribution in [0.4, 0.5) is 11.5 Å². The Labute approximate surface area is 166 Å². The van der Waals surface area contributed by atoms with E-state index in [9.17, 15) is 0 Å². The van der Waals surface area contributed by atoms with Crippen molar-refractivity contribution in [2.45, 2.75) is 6.54 Å². The summed E-state index contributed by atoms with van der Waals surface area (Å²) in [5.41, 5.74) is 4.31. The second-order valence-corrected chi connectivity index (χ2v) is 6.56. The van der Waals surface area contributed by atoms with E-state index in [-0.39, 0.29) is 0 Å². The number of methoxy groups -OCH3 is 1. The maximum Gasteiger partial charge on any atom is 0.180 e. The van der Waals surface area contributed by atoms with E-state index in [0.29, 0.717) is 23.8 Å². The Balaban J connectivity index is 1.45. The predicted molar refractivity (Wildman–Crippen MR) is 110 cm³/mol. The van der Waals surface area contributed by atoms with E-state index in [1.807, 2.05) is 42.5 Å². The predicted octanol–water partition coefficient (Wildman–Crippen LogP) is 3.57. The quantitative estimate of drug-likeness (QED) is 0.496. The third-order valence-electron chi connectivity index (χ3n) is 4.58. The van der Waals surface area contributed by atoms with Gasteiger partial charge in [0.2, 0.25) is 0 Å². The molecule has 0 atom stereocenters. The van der Waals surface area contributed by atoms with Gasteiger partial charge in [-0.05, 0) is 35.9 Å². The van der Waals surface area contributed by atoms with Crippen LogP contribution in [0, 0.1) is 0 Å². The maximum atomic E-state index is 5.21. The van der Waals surface area contributed by atoms with Crippen molar-refractivity contribution in [1.29, 1.82) is 0 Å². The minimum atomic E-state index is 0.568. The van der Waals surface area contributed by atoms with Gasteiger partial charge in [0.25, 0.3) is 0 Å². The summed E-state index contributed by atoms with van der Waals surface area (Å²) in [5.74, 6) is 1.35. The molecule has 0 aliphatic rings. The Morgan fingerprint density at radius 2 is 1.97 bits per heavy atom. The summed E-state index contributed by atoms with van der Waals surface area (Å²) in [4.78, 5) is 13.2. The highest BCUT2D eigenvalue weighted by Crippen LogP contribution is 2.21. The maximum absolute atomic E-state index is 5.21. The fourth-order valence-electron chi connectivity index (χ4n) is 3.17. The first-order valence-electron chi connectivity index (χ1n) is 9.08. The van der Waals surface area contributed by atoms with Crippen LogP contribution in [0.1, 0.15) is 5.56 Å². The highest BCUT2D eigenvalue weighted by atomic mass is 16.5. The normalized spacial score (nSPS) is 11.1. The number of pyridine rings is 3. The molecule has 1 aromatic carbocycles. The molecule has 0 spiro atoms. The van der Waals surface area contributed by atoms with Gasteiger partial charge in [-0.1, -0.05) is 17.3 Å². The lowest BCUT2D eigenvalue weighted by Gasteiger charge is -2.08. The zero-order chi connectivity index (χ0) is 19.6. The topological polar surface area (TPSA) is 90.6 Å². The van der Waals surface area contributed by atoms with Crippen LogP contribution in [-0.2, 0) is 6.54 Å². The van der Waals surface area contributed by atoms with Gasteiger partial charge in [0, 0.05) is 17.6 Å². The standard InChI is InChI=1S/C21H17N7O/c1-29-17-10-16(11-22-12-17)24-20-7-6-19-21(25-20)28(27-26-19)13-14-4-5-18-15(9-14)3-2-8-23-18/h2-12H,13H2,1H3,(H,24,25). The number of anilines is 2. The summed E-state index contributed by atoms with van der Waals surface area (Å²) in [6.45, 7) is 0.568. The number of ether oxygens (including phenoxy) is 1. The fourth-order valence-corrected chi connectivity index (χ4v) is 3.17. The van der Waals surface area contributed by atoms with Crippen molar-refractivity contribution < 1.29 is 4.74 Å². The Morgan fingerprint density at radius 1 is 1.03 bits per heavy atom. The van der Waals surface area contributed by atoms with E-state index >= 15 is 0 Å². The average Bonchev–Trinajstić information content (AvgIpc) is 3.16. The highest BCUT2D eigenvalue weighted by Gasteiger charge is 2.09. The minimum absolute atomic E-state index is 0.568. The van der Waals surface area contributed by atoms with Crippen molar-refractivity contribution in [3.05, 3.63) is 72.7 Å². The van der Waals surface area contributed by atoms with Crippen LogP contribution < -0.4 is 10.1 Å². The monoisotopic (exact) mass is 383 g/mol. The third-order valence-corrected chi connectivity index (χ3v) is 4.58. The van der Waals surface area contributed by atoms with Crippen molar-refractivity contribution in [2.75, 3.05) is 12.4 Å². The highest BCUT2D eigenvalue weighted by molar-refractivity contribution is 5.79. The molecule has 29 heavy (non-hydrogen) atoms. The molecule has 5 aromatic rings. The summed E-state index contributed by atoms with van der Waals surface area (Å²) in [7, 11) is 1.61. The molecule has 0 amide bonds. The summed E-state index contributed by atoms with van der Waals surface area (Å²) in [6.07, 6.45) is 5.16. The summed E-state index contributed by atoms with van der Waals surface area (Å²) in [5, 5.41) is 12.8. The fraction of sp³-hybridized carbons (Fsp3) is 0.0952. The van der Waals surface area contributed by atoms with Gasteiger partial charge in [0.05, 0.1) is 37.3 Å². The van der Waals surface area contributed by atoms with E-state index in [1.54, 1.807) is 30.4 Å². The zero-order valence-corrected chi connectivity index (χ0v) is 15.6. The number of nitrogens with one attached hydrogen (secondary N) is 1. The molecule has 0 unspecified atom stereocenters. The lowest BCUT2D eigenvalue weighted by atomic mass is 10.1. The number of fused-ring (bicyclic) bond motifs is 2. The lowest BCUT2D eigenvalue weighted by Crippen LogP contribution is -2.04. The summed E-state index contributed by atoms with van der Waals surface area (Å²) >= 11 is 0. The third kappa shape index (κ3) is 3.43. The first-order valence-corrected chi connectivity index (χ1v) is 9.08. The molecule has 0 saturated heterocycles. The van der Waals surface area contributed by atoms with E-state index < -0.39 is 0 Å². The average molecular weight is 383 g/mol. The Kier molecular flexibility index (Phi) is 4.21. The molecule has 0 saturated carbocycles. The minimum Gasteiger partial charge on any atom is -0.495 e. The molecule has 4 aromatic heterocycles. The molecule has 0 aliphatic heterocycles. The molecule has 5 rings (SSSR count). The zero-order valence-electron chi connectivity index (χ0n) is 15.6. The molecule has 8 nitrogen and oxygen atoms in total. The van der Waals surface area contributed by atoms with Crippen molar-refractivity contribution in [1.82, 2.24) is 29.9 Å². The smallest absolute Gasteiger partial charge is 0.180 e. The van der Waals surface area contributed by atoms with Gasteiger partial charge < -0.3 is 10.1 Å². The molecule has 4 heterocycles. The van der Waals surface area contributed by atoms with Crippen molar-refractivity contribution >= 4 is 33.6 Å². The second-order valence-electron chi connectivity index (χ2n) is 6.56. The lowest BCUT2D eigenvalue weighted by molar-refractivity contribution is 0.413. The summed E-state index contributed by atoms with van der Waals surface area (Å²) < 4.78 is 7.01. The molecule has 0 aliphatic carbocycles.